The molecular weight excluding hydrogens is 256 g/mol. The highest BCUT2D eigenvalue weighted by Crippen LogP contribution is 2.18. The van der Waals surface area contributed by atoms with Gasteiger partial charge in [0.25, 0.3) is 5.91 Å². The second kappa shape index (κ2) is 6.52. The summed E-state index contributed by atoms with van der Waals surface area (Å²) in [5, 5.41) is 12.1. The zero-order valence-electron chi connectivity index (χ0n) is 12.7. The van der Waals surface area contributed by atoms with Crippen molar-refractivity contribution in [1.82, 2.24) is 10.2 Å². The maximum absolute atomic E-state index is 12.3. The number of nitrogens with one attached hydrogen (secondary N) is 1. The van der Waals surface area contributed by atoms with Gasteiger partial charge in [0, 0.05) is 12.6 Å². The molecule has 1 rings (SSSR count). The van der Waals surface area contributed by atoms with Crippen LogP contribution < -0.4 is 5.32 Å². The molecule has 0 bridgehead atoms. The first-order chi connectivity index (χ1) is 9.25. The molecule has 110 valence electrons. The minimum atomic E-state index is -1.07. The normalized spacial score (nSPS) is 12.3. The van der Waals surface area contributed by atoms with Crippen LogP contribution >= 0.6 is 0 Å². The monoisotopic (exact) mass is 278 g/mol. The van der Waals surface area contributed by atoms with Crippen LogP contribution in [0.3, 0.4) is 0 Å². The van der Waals surface area contributed by atoms with Crippen molar-refractivity contribution < 1.29 is 14.7 Å². The summed E-state index contributed by atoms with van der Waals surface area (Å²) in [6.07, 6.45) is 0. The first-order valence-corrected chi connectivity index (χ1v) is 6.53. The molecule has 2 N–H and O–H groups in total. The number of benzene rings is 1. The molecule has 1 aromatic carbocycles. The van der Waals surface area contributed by atoms with Gasteiger partial charge in [0.15, 0.2) is 0 Å². The molecule has 1 atom stereocenters. The Balaban J connectivity index is 3.04. The van der Waals surface area contributed by atoms with Crippen LogP contribution in [0.2, 0.25) is 0 Å². The molecule has 0 spiro atoms. The summed E-state index contributed by atoms with van der Waals surface area (Å²) in [5.74, 6) is -1.41. The van der Waals surface area contributed by atoms with Crippen LogP contribution in [-0.4, -0.2) is 48.6 Å². The third-order valence-electron chi connectivity index (χ3n) is 3.50. The molecule has 20 heavy (non-hydrogen) atoms. The lowest BCUT2D eigenvalue weighted by Crippen LogP contribution is -2.39. The van der Waals surface area contributed by atoms with Gasteiger partial charge in [-0.2, -0.15) is 0 Å². The molecule has 1 unspecified atom stereocenters. The topological polar surface area (TPSA) is 69.6 Å². The van der Waals surface area contributed by atoms with Crippen LogP contribution in [0.5, 0.6) is 0 Å². The maximum Gasteiger partial charge on any atom is 0.336 e. The van der Waals surface area contributed by atoms with E-state index < -0.39 is 5.97 Å². The van der Waals surface area contributed by atoms with Crippen LogP contribution in [-0.2, 0) is 0 Å². The SMILES string of the molecule is Cc1ccc(C)c(C(=O)NCC(C)N(C)C)c1C(=O)O. The number of hydrogen-bond acceptors (Lipinski definition) is 3. The van der Waals surface area contributed by atoms with Gasteiger partial charge in [-0.1, -0.05) is 12.1 Å². The maximum atomic E-state index is 12.3. The highest BCUT2D eigenvalue weighted by molar-refractivity contribution is 6.06. The van der Waals surface area contributed by atoms with Crippen molar-refractivity contribution in [2.75, 3.05) is 20.6 Å². The summed E-state index contributed by atoms with van der Waals surface area (Å²) in [4.78, 5) is 25.6. The molecule has 0 radical (unpaired) electrons. The van der Waals surface area contributed by atoms with E-state index in [-0.39, 0.29) is 23.1 Å². The summed E-state index contributed by atoms with van der Waals surface area (Å²) in [6, 6.07) is 3.67. The van der Waals surface area contributed by atoms with Crippen LogP contribution in [0, 0.1) is 13.8 Å². The van der Waals surface area contributed by atoms with Crippen molar-refractivity contribution in [3.05, 3.63) is 34.4 Å². The van der Waals surface area contributed by atoms with Gasteiger partial charge in [0.05, 0.1) is 11.1 Å². The zero-order chi connectivity index (χ0) is 15.4. The predicted octanol–water partition coefficient (Wildman–Crippen LogP) is 1.68. The number of aryl methyl sites for hydroxylation is 2. The minimum Gasteiger partial charge on any atom is -0.478 e. The van der Waals surface area contributed by atoms with E-state index in [4.69, 9.17) is 0 Å². The number of nitrogens with zero attached hydrogens (tertiary/aromatic N) is 1. The number of likely N-dealkylation sites (N-methyl/N-ethyl adjacent to an activating group) is 1. The van der Waals surface area contributed by atoms with Crippen molar-refractivity contribution in [3.63, 3.8) is 0 Å². The largest absolute Gasteiger partial charge is 0.478 e. The molecule has 1 aromatic rings. The van der Waals surface area contributed by atoms with Gasteiger partial charge in [-0.25, -0.2) is 4.79 Å². The molecule has 0 aromatic heterocycles. The molecule has 0 heterocycles. The fraction of sp³-hybridized carbons (Fsp3) is 0.467. The smallest absolute Gasteiger partial charge is 0.336 e. The standard InChI is InChI=1S/C15H22N2O3/c1-9-6-7-10(2)13(15(19)20)12(9)14(18)16-8-11(3)17(4)5/h6-7,11H,8H2,1-5H3,(H,16,18)(H,19,20). The van der Waals surface area contributed by atoms with Gasteiger partial charge in [-0.3, -0.25) is 4.79 Å². The Morgan fingerprint density at radius 3 is 2.15 bits per heavy atom. The number of hydrogen-bond donors (Lipinski definition) is 2. The molecule has 0 saturated carbocycles. The summed E-state index contributed by atoms with van der Waals surface area (Å²) in [5.41, 5.74) is 1.60. The van der Waals surface area contributed by atoms with Crippen LogP contribution in [0.25, 0.3) is 0 Å². The average molecular weight is 278 g/mol. The predicted molar refractivity (Wildman–Crippen MR) is 78.4 cm³/mol. The fourth-order valence-electron chi connectivity index (χ4n) is 1.89. The summed E-state index contributed by atoms with van der Waals surface area (Å²) in [6.45, 7) is 5.90. The third-order valence-corrected chi connectivity index (χ3v) is 3.50. The summed E-state index contributed by atoms with van der Waals surface area (Å²) in [7, 11) is 3.86. The molecule has 0 aliphatic heterocycles. The van der Waals surface area contributed by atoms with Gasteiger partial charge < -0.3 is 15.3 Å². The molecule has 0 aliphatic carbocycles. The minimum absolute atomic E-state index is 0.0833. The Kier molecular flexibility index (Phi) is 5.27. The van der Waals surface area contributed by atoms with E-state index in [1.165, 1.54) is 0 Å². The van der Waals surface area contributed by atoms with E-state index in [2.05, 4.69) is 5.32 Å². The molecule has 5 nitrogen and oxygen atoms in total. The van der Waals surface area contributed by atoms with Gasteiger partial charge in [-0.15, -0.1) is 0 Å². The van der Waals surface area contributed by atoms with Crippen LogP contribution in [0.15, 0.2) is 12.1 Å². The van der Waals surface area contributed by atoms with E-state index in [0.29, 0.717) is 17.7 Å². The summed E-state index contributed by atoms with van der Waals surface area (Å²) < 4.78 is 0. The van der Waals surface area contributed by atoms with Gasteiger partial charge in [0.1, 0.15) is 0 Å². The highest BCUT2D eigenvalue weighted by Gasteiger charge is 2.21. The van der Waals surface area contributed by atoms with Crippen molar-refractivity contribution in [1.29, 1.82) is 0 Å². The number of rotatable bonds is 5. The van der Waals surface area contributed by atoms with Gasteiger partial charge >= 0.3 is 5.97 Å². The number of amides is 1. The van der Waals surface area contributed by atoms with E-state index in [1.54, 1.807) is 26.0 Å². The first kappa shape index (κ1) is 16.2. The van der Waals surface area contributed by atoms with Crippen molar-refractivity contribution in [2.45, 2.75) is 26.8 Å². The molecular formula is C15H22N2O3. The zero-order valence-corrected chi connectivity index (χ0v) is 12.7. The second-order valence-electron chi connectivity index (χ2n) is 5.28. The fourth-order valence-corrected chi connectivity index (χ4v) is 1.89. The molecule has 0 fully saturated rings. The second-order valence-corrected chi connectivity index (χ2v) is 5.28. The van der Waals surface area contributed by atoms with Crippen molar-refractivity contribution in [3.8, 4) is 0 Å². The lowest BCUT2D eigenvalue weighted by atomic mass is 9.96. The molecule has 1 amide bonds. The molecule has 0 saturated heterocycles. The average Bonchev–Trinajstić information content (AvgIpc) is 2.37. The summed E-state index contributed by atoms with van der Waals surface area (Å²) >= 11 is 0. The first-order valence-electron chi connectivity index (χ1n) is 6.53. The van der Waals surface area contributed by atoms with E-state index in [9.17, 15) is 14.7 Å². The quantitative estimate of drug-likeness (QED) is 0.860. The Labute approximate surface area is 119 Å². The van der Waals surface area contributed by atoms with E-state index in [0.717, 1.165) is 0 Å². The highest BCUT2D eigenvalue weighted by atomic mass is 16.4. The number of carbonyl (C=O) groups is 2. The molecule has 5 heteroatoms. The lowest BCUT2D eigenvalue weighted by molar-refractivity contribution is 0.0689. The Morgan fingerprint density at radius 2 is 1.70 bits per heavy atom. The van der Waals surface area contributed by atoms with E-state index in [1.807, 2.05) is 25.9 Å². The van der Waals surface area contributed by atoms with Gasteiger partial charge in [-0.05, 0) is 46.0 Å². The number of aromatic carboxylic acids is 1. The van der Waals surface area contributed by atoms with Crippen LogP contribution in [0.4, 0.5) is 0 Å². The number of carboxylic acid groups (broad SMARTS) is 1. The third kappa shape index (κ3) is 3.57. The van der Waals surface area contributed by atoms with E-state index >= 15 is 0 Å². The van der Waals surface area contributed by atoms with Crippen molar-refractivity contribution >= 4 is 11.9 Å². The van der Waals surface area contributed by atoms with Crippen LogP contribution in [0.1, 0.15) is 38.8 Å². The molecule has 0 aliphatic rings. The number of carboxylic acids is 1. The Bertz CT molecular complexity index is 524. The Morgan fingerprint density at radius 1 is 1.20 bits per heavy atom. The van der Waals surface area contributed by atoms with Gasteiger partial charge in [0.2, 0.25) is 0 Å². The van der Waals surface area contributed by atoms with Crippen molar-refractivity contribution in [2.24, 2.45) is 0 Å². The number of carbonyl (C=O) groups excluding carboxylic acids is 1. The Hall–Kier alpha value is -1.88. The lowest BCUT2D eigenvalue weighted by Gasteiger charge is -2.20.